The molecule has 1 aromatic rings. The van der Waals surface area contributed by atoms with E-state index in [0.29, 0.717) is 0 Å². The van der Waals surface area contributed by atoms with E-state index >= 15 is 0 Å². The van der Waals surface area contributed by atoms with E-state index in [2.05, 4.69) is 26.8 Å². The fourth-order valence-electron chi connectivity index (χ4n) is 1.65. The molecule has 1 aromatic carbocycles. The first-order valence-corrected chi connectivity index (χ1v) is 5.82. The molecule has 0 saturated carbocycles. The second kappa shape index (κ2) is 5.35. The van der Waals surface area contributed by atoms with Crippen LogP contribution in [0.2, 0.25) is 0 Å². The third-order valence-electron chi connectivity index (χ3n) is 3.03. The normalized spacial score (nSPS) is 13.6. The molecule has 0 heterocycles. The number of methoxy groups -OCH3 is 1. The van der Waals surface area contributed by atoms with Gasteiger partial charge in [-0.15, -0.1) is 0 Å². The average molecular weight is 221 g/mol. The molecule has 0 bridgehead atoms. The summed E-state index contributed by atoms with van der Waals surface area (Å²) in [6.45, 7) is 6.54. The van der Waals surface area contributed by atoms with Gasteiger partial charge in [-0.3, -0.25) is 0 Å². The minimum atomic E-state index is 0.169. The van der Waals surface area contributed by atoms with Crippen molar-refractivity contribution in [3.63, 3.8) is 0 Å². The standard InChI is InChI=1S/C14H23NO/c1-14(2,3)13(15)10-9-11-7-5-6-8-12(11)16-4/h5-8,13H,9-10,15H2,1-4H3. The molecule has 0 aromatic heterocycles. The number of nitrogens with two attached hydrogens (primary N) is 1. The van der Waals surface area contributed by atoms with Gasteiger partial charge in [-0.1, -0.05) is 39.0 Å². The van der Waals surface area contributed by atoms with Crippen molar-refractivity contribution in [1.82, 2.24) is 0 Å². The third-order valence-corrected chi connectivity index (χ3v) is 3.03. The first-order valence-electron chi connectivity index (χ1n) is 5.82. The number of para-hydroxylation sites is 1. The Kier molecular flexibility index (Phi) is 4.36. The molecule has 0 aliphatic carbocycles. The molecule has 0 spiro atoms. The average Bonchev–Trinajstić information content (AvgIpc) is 2.24. The van der Waals surface area contributed by atoms with E-state index < -0.39 is 0 Å². The van der Waals surface area contributed by atoms with Gasteiger partial charge in [0.05, 0.1) is 7.11 Å². The van der Waals surface area contributed by atoms with E-state index in [1.807, 2.05) is 18.2 Å². The second-order valence-electron chi connectivity index (χ2n) is 5.32. The Morgan fingerprint density at radius 3 is 2.44 bits per heavy atom. The van der Waals surface area contributed by atoms with Crippen molar-refractivity contribution in [3.05, 3.63) is 29.8 Å². The number of hydrogen-bond donors (Lipinski definition) is 1. The molecule has 0 fully saturated rings. The number of benzene rings is 1. The van der Waals surface area contributed by atoms with Gasteiger partial charge in [0.2, 0.25) is 0 Å². The molecule has 90 valence electrons. The van der Waals surface area contributed by atoms with Crippen molar-refractivity contribution in [1.29, 1.82) is 0 Å². The van der Waals surface area contributed by atoms with Crippen molar-refractivity contribution in [2.24, 2.45) is 11.1 Å². The lowest BCUT2D eigenvalue weighted by Gasteiger charge is -2.27. The van der Waals surface area contributed by atoms with Crippen molar-refractivity contribution in [3.8, 4) is 5.75 Å². The lowest BCUT2D eigenvalue weighted by atomic mass is 9.84. The first-order chi connectivity index (χ1) is 7.45. The van der Waals surface area contributed by atoms with E-state index in [1.165, 1.54) is 5.56 Å². The highest BCUT2D eigenvalue weighted by Crippen LogP contribution is 2.24. The van der Waals surface area contributed by atoms with Gasteiger partial charge in [0.1, 0.15) is 5.75 Å². The van der Waals surface area contributed by atoms with Crippen LogP contribution in [-0.2, 0) is 6.42 Å². The maximum absolute atomic E-state index is 6.15. The van der Waals surface area contributed by atoms with Crippen LogP contribution in [0.3, 0.4) is 0 Å². The van der Waals surface area contributed by atoms with Crippen LogP contribution < -0.4 is 10.5 Å². The molecule has 1 unspecified atom stereocenters. The molecular formula is C14H23NO. The Balaban J connectivity index is 2.61. The zero-order valence-corrected chi connectivity index (χ0v) is 10.8. The lowest BCUT2D eigenvalue weighted by molar-refractivity contribution is 0.304. The summed E-state index contributed by atoms with van der Waals surface area (Å²) < 4.78 is 5.32. The number of rotatable bonds is 4. The summed E-state index contributed by atoms with van der Waals surface area (Å²) in [5.74, 6) is 0.962. The van der Waals surface area contributed by atoms with Gasteiger partial charge in [0, 0.05) is 6.04 Å². The maximum atomic E-state index is 6.15. The Bertz CT molecular complexity index is 328. The highest BCUT2D eigenvalue weighted by Gasteiger charge is 2.20. The van der Waals surface area contributed by atoms with E-state index in [-0.39, 0.29) is 11.5 Å². The van der Waals surface area contributed by atoms with Gasteiger partial charge in [0.15, 0.2) is 0 Å². The van der Waals surface area contributed by atoms with Crippen molar-refractivity contribution >= 4 is 0 Å². The zero-order valence-electron chi connectivity index (χ0n) is 10.8. The molecule has 0 aliphatic rings. The molecular weight excluding hydrogens is 198 g/mol. The summed E-state index contributed by atoms with van der Waals surface area (Å²) in [6.07, 6.45) is 1.96. The lowest BCUT2D eigenvalue weighted by Crippen LogP contribution is -2.35. The zero-order chi connectivity index (χ0) is 12.2. The van der Waals surface area contributed by atoms with E-state index in [1.54, 1.807) is 7.11 Å². The molecule has 0 saturated heterocycles. The molecule has 0 radical (unpaired) electrons. The molecule has 2 N–H and O–H groups in total. The monoisotopic (exact) mass is 221 g/mol. The highest BCUT2D eigenvalue weighted by atomic mass is 16.5. The summed E-state index contributed by atoms with van der Waals surface area (Å²) in [5, 5.41) is 0. The fraction of sp³-hybridized carbons (Fsp3) is 0.571. The van der Waals surface area contributed by atoms with Gasteiger partial charge >= 0.3 is 0 Å². The van der Waals surface area contributed by atoms with Crippen LogP contribution in [0.15, 0.2) is 24.3 Å². The fourth-order valence-corrected chi connectivity index (χ4v) is 1.65. The Morgan fingerprint density at radius 2 is 1.88 bits per heavy atom. The van der Waals surface area contributed by atoms with Crippen LogP contribution in [0.1, 0.15) is 32.8 Å². The maximum Gasteiger partial charge on any atom is 0.122 e. The Hall–Kier alpha value is -1.02. The molecule has 2 nitrogen and oxygen atoms in total. The quantitative estimate of drug-likeness (QED) is 0.848. The minimum absolute atomic E-state index is 0.169. The molecule has 0 amide bonds. The first kappa shape index (κ1) is 13.0. The Morgan fingerprint density at radius 1 is 1.25 bits per heavy atom. The molecule has 0 aliphatic heterocycles. The van der Waals surface area contributed by atoms with Gasteiger partial charge in [0.25, 0.3) is 0 Å². The number of aryl methyl sites for hydroxylation is 1. The van der Waals surface area contributed by atoms with Gasteiger partial charge < -0.3 is 10.5 Å². The summed E-state index contributed by atoms with van der Waals surface area (Å²) in [4.78, 5) is 0. The van der Waals surface area contributed by atoms with Gasteiger partial charge in [-0.2, -0.15) is 0 Å². The number of ether oxygens (including phenoxy) is 1. The molecule has 16 heavy (non-hydrogen) atoms. The van der Waals surface area contributed by atoms with Crippen LogP contribution >= 0.6 is 0 Å². The summed E-state index contributed by atoms with van der Waals surface area (Å²) in [7, 11) is 1.71. The number of hydrogen-bond acceptors (Lipinski definition) is 2. The largest absolute Gasteiger partial charge is 0.496 e. The van der Waals surface area contributed by atoms with Crippen molar-refractivity contribution in [2.75, 3.05) is 7.11 Å². The van der Waals surface area contributed by atoms with Gasteiger partial charge in [-0.25, -0.2) is 0 Å². The predicted molar refractivity (Wildman–Crippen MR) is 68.7 cm³/mol. The molecule has 1 rings (SSSR count). The SMILES string of the molecule is COc1ccccc1CCC(N)C(C)(C)C. The highest BCUT2D eigenvalue weighted by molar-refractivity contribution is 5.33. The summed E-state index contributed by atoms with van der Waals surface area (Å²) >= 11 is 0. The third kappa shape index (κ3) is 3.53. The van der Waals surface area contributed by atoms with E-state index in [9.17, 15) is 0 Å². The summed E-state index contributed by atoms with van der Waals surface area (Å²) in [5.41, 5.74) is 7.56. The Labute approximate surface area is 98.8 Å². The van der Waals surface area contributed by atoms with Crippen LogP contribution in [0.25, 0.3) is 0 Å². The van der Waals surface area contributed by atoms with E-state index in [4.69, 9.17) is 10.5 Å². The van der Waals surface area contributed by atoms with Crippen LogP contribution in [0, 0.1) is 5.41 Å². The van der Waals surface area contributed by atoms with Crippen LogP contribution in [0.5, 0.6) is 5.75 Å². The summed E-state index contributed by atoms with van der Waals surface area (Å²) in [6, 6.07) is 8.36. The smallest absolute Gasteiger partial charge is 0.122 e. The van der Waals surface area contributed by atoms with Crippen molar-refractivity contribution in [2.45, 2.75) is 39.7 Å². The van der Waals surface area contributed by atoms with Crippen LogP contribution in [0.4, 0.5) is 0 Å². The minimum Gasteiger partial charge on any atom is -0.496 e. The second-order valence-corrected chi connectivity index (χ2v) is 5.32. The molecule has 1 atom stereocenters. The predicted octanol–water partition coefficient (Wildman–Crippen LogP) is 3.00. The van der Waals surface area contributed by atoms with Gasteiger partial charge in [-0.05, 0) is 29.9 Å². The van der Waals surface area contributed by atoms with Crippen molar-refractivity contribution < 1.29 is 4.74 Å². The van der Waals surface area contributed by atoms with Crippen LogP contribution in [-0.4, -0.2) is 13.2 Å². The molecule has 2 heteroatoms. The topological polar surface area (TPSA) is 35.2 Å². The van der Waals surface area contributed by atoms with E-state index in [0.717, 1.165) is 18.6 Å².